The molecule has 83 heavy (non-hydrogen) atoms. The minimum atomic E-state index is -5.31. The number of phosphoric ester groups is 1. The summed E-state index contributed by atoms with van der Waals surface area (Å²) < 4.78 is 223. The Labute approximate surface area is 466 Å². The molecule has 0 spiro atoms. The molecule has 4 atom stereocenters. The molecule has 450 valence electrons. The first-order valence-corrected chi connectivity index (χ1v) is 29.0. The van der Waals surface area contributed by atoms with Crippen LogP contribution in [-0.2, 0) is 79.6 Å². The second-order valence-corrected chi connectivity index (χ2v) is 25.2. The molecule has 2 aliphatic carbocycles. The molecule has 3 amide bonds. The molecule has 23 nitrogen and oxygen atoms in total. The van der Waals surface area contributed by atoms with E-state index in [0.29, 0.717) is 12.3 Å². The van der Waals surface area contributed by atoms with Gasteiger partial charge in [-0.1, -0.05) is 23.6 Å². The van der Waals surface area contributed by atoms with Crippen molar-refractivity contribution in [2.75, 3.05) is 30.2 Å². The molecule has 3 aromatic heterocycles. The number of nitrogens with zero attached hydrogens (tertiary/aromatic N) is 6. The molecule has 0 saturated heterocycles. The van der Waals surface area contributed by atoms with Gasteiger partial charge in [-0.25, -0.2) is 49.3 Å². The number of pyridine rings is 1. The van der Waals surface area contributed by atoms with Gasteiger partial charge in [0, 0.05) is 34.9 Å². The van der Waals surface area contributed by atoms with E-state index in [4.69, 9.17) is 26.1 Å². The molecule has 1 saturated carbocycles. The summed E-state index contributed by atoms with van der Waals surface area (Å²) in [4.78, 5) is 74.3. The molecular weight excluding hydrogens is 1230 g/mol. The molecule has 37 heteroatoms. The van der Waals surface area contributed by atoms with Crippen LogP contribution in [0.3, 0.4) is 0 Å². The highest BCUT2D eigenvalue weighted by atomic mass is 35.5. The topological polar surface area (TPSA) is 318 Å². The number of ether oxygens (including phenoxy) is 2. The first-order chi connectivity index (χ1) is 38.1. The molecular formula is C46H42ClF10N8O15PS2. The molecule has 3 heterocycles. The summed E-state index contributed by atoms with van der Waals surface area (Å²) in [6.45, 7) is -3.62. The van der Waals surface area contributed by atoms with Gasteiger partial charge in [-0.3, -0.25) is 19.0 Å². The van der Waals surface area contributed by atoms with Crippen molar-refractivity contribution in [3.63, 3.8) is 0 Å². The monoisotopic (exact) mass is 1270 g/mol. The fourth-order valence-corrected chi connectivity index (χ4v) is 10.1. The average molecular weight is 1270 g/mol. The van der Waals surface area contributed by atoms with Crippen LogP contribution >= 0.6 is 19.4 Å². The molecule has 5 aromatic rings. The van der Waals surface area contributed by atoms with Gasteiger partial charge < -0.3 is 35.0 Å². The number of anilines is 1. The number of aromatic nitrogens is 5. The minimum absolute atomic E-state index is 0.0757. The summed E-state index contributed by atoms with van der Waals surface area (Å²) in [7, 11) is -14.4. The predicted octanol–water partition coefficient (Wildman–Crippen LogP) is 6.83. The number of fused-ring (bicyclic) bond motifs is 4. The molecule has 0 aliphatic heterocycles. The molecule has 0 bridgehead atoms. The van der Waals surface area contributed by atoms with Gasteiger partial charge in [-0.15, -0.1) is 0 Å². The highest BCUT2D eigenvalue weighted by molar-refractivity contribution is 7.93. The number of alkyl halides is 8. The third-order valence-corrected chi connectivity index (χ3v) is 16.3. The summed E-state index contributed by atoms with van der Waals surface area (Å²) in [5.74, 6) is -8.65. The van der Waals surface area contributed by atoms with Gasteiger partial charge in [0.25, 0.3) is 5.92 Å². The number of alkyl carbamates (subject to hydrolysis) is 1. The van der Waals surface area contributed by atoms with Gasteiger partial charge in [0.05, 0.1) is 46.9 Å². The summed E-state index contributed by atoms with van der Waals surface area (Å²) in [5.41, 5.74) is -6.93. The first-order valence-electron chi connectivity index (χ1n) is 23.4. The van der Waals surface area contributed by atoms with Crippen molar-refractivity contribution in [1.82, 2.24) is 35.2 Å². The zero-order valence-electron chi connectivity index (χ0n) is 42.6. The number of halogens is 11. The van der Waals surface area contributed by atoms with Gasteiger partial charge in [-0.2, -0.15) is 49.6 Å². The SMILES string of the molecule is CC(C)(C#Cc1ccc(-c2ccc(Cl)c3c(N(C(=O)OC(CNC(=O)OCOP(=O)(O)O)CC(=O)O)S(C)(=O)=O)nn(CC(F)(F)F)c23)c(C(Cc2cc(F)cc(F)c2)NC(=O)Cn2nc(C(F)(F)F)c3c2C(F)(F)[C@@H]2C[C@H]32)n1)S(C)(=O)=O. The highest BCUT2D eigenvalue weighted by Gasteiger charge is 2.68. The van der Waals surface area contributed by atoms with Gasteiger partial charge in [-0.05, 0) is 74.4 Å². The maximum atomic E-state index is 15.7. The maximum Gasteiger partial charge on any atom is 0.472 e. The van der Waals surface area contributed by atoms with E-state index in [0.717, 1.165) is 42.7 Å². The molecule has 2 aromatic carbocycles. The van der Waals surface area contributed by atoms with Gasteiger partial charge in [0.2, 0.25) is 22.7 Å². The van der Waals surface area contributed by atoms with Crippen LogP contribution in [-0.4, -0.2) is 123 Å². The largest absolute Gasteiger partial charge is 0.481 e. The molecule has 1 fully saturated rings. The van der Waals surface area contributed by atoms with Crippen molar-refractivity contribution in [2.45, 2.75) is 87.3 Å². The smallest absolute Gasteiger partial charge is 0.472 e. The van der Waals surface area contributed by atoms with Crippen molar-refractivity contribution in [3.05, 3.63) is 93.0 Å². The van der Waals surface area contributed by atoms with Crippen molar-refractivity contribution in [2.24, 2.45) is 5.92 Å². The number of sulfone groups is 1. The summed E-state index contributed by atoms with van der Waals surface area (Å²) in [5, 5.41) is 19.4. The van der Waals surface area contributed by atoms with Crippen LogP contribution < -0.4 is 14.9 Å². The van der Waals surface area contributed by atoms with Gasteiger partial charge in [0.1, 0.15) is 47.0 Å². The first kappa shape index (κ1) is 63.5. The van der Waals surface area contributed by atoms with Crippen molar-refractivity contribution < 1.29 is 113 Å². The number of benzene rings is 2. The van der Waals surface area contributed by atoms with E-state index in [1.807, 2.05) is 5.32 Å². The molecule has 2 aliphatic rings. The van der Waals surface area contributed by atoms with Crippen LogP contribution in [0.25, 0.3) is 22.0 Å². The maximum absolute atomic E-state index is 15.7. The number of hydrogen-bond acceptors (Lipinski definition) is 15. The third-order valence-electron chi connectivity index (χ3n) is 12.6. The van der Waals surface area contributed by atoms with E-state index in [-0.39, 0.29) is 25.7 Å². The molecule has 0 radical (unpaired) electrons. The van der Waals surface area contributed by atoms with E-state index in [1.165, 1.54) is 13.8 Å². The number of rotatable bonds is 19. The number of amides is 3. The lowest BCUT2D eigenvalue weighted by Gasteiger charge is -2.23. The van der Waals surface area contributed by atoms with Gasteiger partial charge >= 0.3 is 38.3 Å². The Bertz CT molecular complexity index is 3790. The zero-order valence-corrected chi connectivity index (χ0v) is 45.9. The van der Waals surface area contributed by atoms with E-state index in [9.17, 15) is 80.8 Å². The number of aliphatic carboxylic acids is 1. The van der Waals surface area contributed by atoms with E-state index in [2.05, 4.69) is 41.6 Å². The number of carboxylic acids is 1. The fourth-order valence-electron chi connectivity index (χ4n) is 8.72. The number of carbonyl (C=O) groups excluding carboxylic acids is 3. The Balaban J connectivity index is 1.42. The predicted molar refractivity (Wildman–Crippen MR) is 265 cm³/mol. The van der Waals surface area contributed by atoms with Crippen molar-refractivity contribution in [3.8, 4) is 23.0 Å². The summed E-state index contributed by atoms with van der Waals surface area (Å²) in [6, 6.07) is 3.95. The van der Waals surface area contributed by atoms with E-state index in [1.54, 1.807) is 0 Å². The highest BCUT2D eigenvalue weighted by Crippen LogP contribution is 2.68. The fraction of sp³-hybridized carbons (Fsp3) is 0.413. The van der Waals surface area contributed by atoms with Crippen molar-refractivity contribution in [1.29, 1.82) is 0 Å². The third kappa shape index (κ3) is 14.6. The number of nitrogens with one attached hydrogen (secondary N) is 2. The number of carboxylic acid groups (broad SMARTS) is 1. The second-order valence-electron chi connectivity index (χ2n) is 19.2. The lowest BCUT2D eigenvalue weighted by atomic mass is 9.93. The number of carbonyl (C=O) groups is 4. The van der Waals surface area contributed by atoms with Crippen molar-refractivity contribution >= 4 is 80.1 Å². The van der Waals surface area contributed by atoms with Crippen LogP contribution in [0.1, 0.15) is 72.6 Å². The summed E-state index contributed by atoms with van der Waals surface area (Å²) in [6.07, 6.45) is -17.6. The average Bonchev–Trinajstić information content (AvgIpc) is 1.63. The van der Waals surface area contributed by atoms with Crippen LogP contribution in [0.2, 0.25) is 5.02 Å². The van der Waals surface area contributed by atoms with Crippen LogP contribution in [0.4, 0.5) is 59.3 Å². The normalized spacial score (nSPS) is 16.7. The Morgan fingerprint density at radius 3 is 2.18 bits per heavy atom. The number of sulfonamides is 1. The Morgan fingerprint density at radius 2 is 1.60 bits per heavy atom. The number of hydrogen-bond donors (Lipinski definition) is 5. The van der Waals surface area contributed by atoms with E-state index >= 15 is 8.78 Å². The lowest BCUT2D eigenvalue weighted by Crippen LogP contribution is -2.43. The number of phosphoric acid groups is 1. The Kier molecular flexibility index (Phi) is 17.5. The lowest BCUT2D eigenvalue weighted by molar-refractivity contribution is -0.143. The van der Waals surface area contributed by atoms with E-state index < -0.39 is 211 Å². The Morgan fingerprint density at radius 1 is 0.964 bits per heavy atom. The second kappa shape index (κ2) is 22.8. The summed E-state index contributed by atoms with van der Waals surface area (Å²) >= 11 is 6.62. The molecule has 7 rings (SSSR count). The van der Waals surface area contributed by atoms with Crippen LogP contribution in [0.15, 0.2) is 42.5 Å². The minimum Gasteiger partial charge on any atom is -0.481 e. The molecule has 2 unspecified atom stereocenters. The van der Waals surface area contributed by atoms with Crippen LogP contribution in [0.5, 0.6) is 0 Å². The Hall–Kier alpha value is -7.09. The molecule has 5 N–H and O–H groups in total. The van der Waals surface area contributed by atoms with Crippen LogP contribution in [0, 0.1) is 29.4 Å². The quantitative estimate of drug-likeness (QED) is 0.0245. The zero-order chi connectivity index (χ0) is 61.9. The van der Waals surface area contributed by atoms with Gasteiger partial charge in [0.15, 0.2) is 21.3 Å². The standard InChI is InChI=1S/C46H42ClF10N8O15PS2/c1-43(2,82(3,74)75)10-9-24-5-6-26(36(59-24)31(13-21-11-22(48)14-23(49)12-21)60-32(66)18-63-39-34(38(61-63)46(55,56)57)28-16-29(28)45(39,53)54)27-7-8-30(47)35-37(27)64(19-44(50,51)52)62-40(35)65(83(4,76)77)42(70)80-25(15-33(67)68)17-58-41(69)78-20-79-81(71,72)73/h5-8,11-12,14,25,28-29,31H,13,15-20H2,1-4H3,(H,58,69)(H,60,66)(H,67,68)(H2,71,72,73)/t25?,28-,29+,31?/m0/s1.